The molecule has 0 atom stereocenters. The van der Waals surface area contributed by atoms with Crippen LogP contribution in [0.4, 0.5) is 8.78 Å². The zero-order chi connectivity index (χ0) is 12.4. The van der Waals surface area contributed by atoms with Gasteiger partial charge in [0, 0.05) is 6.07 Å². The number of nitrogens with zero attached hydrogens (tertiary/aromatic N) is 4. The minimum atomic E-state index is -0.608. The third-order valence-corrected chi connectivity index (χ3v) is 2.69. The lowest BCUT2D eigenvalue weighted by molar-refractivity contribution is 0.574. The zero-order valence-electron chi connectivity index (χ0n) is 8.78. The van der Waals surface area contributed by atoms with E-state index in [0.29, 0.717) is 12.4 Å². The van der Waals surface area contributed by atoms with Crippen LogP contribution in [0, 0.1) is 11.6 Å². The van der Waals surface area contributed by atoms with E-state index in [2.05, 4.69) is 36.8 Å². The molecule has 5 nitrogen and oxygen atoms in total. The van der Waals surface area contributed by atoms with Crippen LogP contribution < -0.4 is 5.32 Å². The van der Waals surface area contributed by atoms with Crippen molar-refractivity contribution in [3.8, 4) is 5.69 Å². The number of benzene rings is 1. The average Bonchev–Trinajstić information content (AvgIpc) is 2.72. The molecule has 0 spiro atoms. The third-order valence-electron chi connectivity index (χ3n) is 2.09. The maximum absolute atomic E-state index is 13.7. The molecule has 1 heterocycles. The van der Waals surface area contributed by atoms with Crippen molar-refractivity contribution in [2.45, 2.75) is 6.54 Å². The van der Waals surface area contributed by atoms with E-state index in [1.165, 1.54) is 0 Å². The molecule has 0 aliphatic rings. The van der Waals surface area contributed by atoms with Gasteiger partial charge in [-0.25, -0.2) is 8.78 Å². The van der Waals surface area contributed by atoms with Crippen LogP contribution in [0.5, 0.6) is 0 Å². The highest BCUT2D eigenvalue weighted by Gasteiger charge is 2.14. The van der Waals surface area contributed by atoms with Gasteiger partial charge in [0.2, 0.25) is 0 Å². The molecule has 0 aliphatic heterocycles. The molecule has 1 N–H and O–H groups in total. The zero-order valence-corrected chi connectivity index (χ0v) is 10.4. The van der Waals surface area contributed by atoms with E-state index in [0.717, 1.165) is 16.8 Å². The van der Waals surface area contributed by atoms with Gasteiger partial charge in [-0.1, -0.05) is 0 Å². The summed E-state index contributed by atoms with van der Waals surface area (Å²) in [5.41, 5.74) is -0.0269. The van der Waals surface area contributed by atoms with Crippen LogP contribution in [0.3, 0.4) is 0 Å². The quantitative estimate of drug-likeness (QED) is 0.872. The first-order chi connectivity index (χ1) is 8.13. The molecule has 1 aromatic heterocycles. The Morgan fingerprint density at radius 1 is 1.35 bits per heavy atom. The van der Waals surface area contributed by atoms with E-state index >= 15 is 0 Å². The van der Waals surface area contributed by atoms with Gasteiger partial charge in [-0.15, -0.1) is 5.10 Å². The summed E-state index contributed by atoms with van der Waals surface area (Å²) in [4.78, 5) is 0. The molecule has 0 saturated heterocycles. The van der Waals surface area contributed by atoms with Gasteiger partial charge in [0.05, 0.1) is 11.0 Å². The van der Waals surface area contributed by atoms with Gasteiger partial charge >= 0.3 is 0 Å². The number of hydrogen-bond donors (Lipinski definition) is 1. The fourth-order valence-electron chi connectivity index (χ4n) is 1.34. The predicted molar refractivity (Wildman–Crippen MR) is 59.5 cm³/mol. The summed E-state index contributed by atoms with van der Waals surface area (Å²) in [6.07, 6.45) is 0. The molecule has 8 heteroatoms. The van der Waals surface area contributed by atoms with Crippen LogP contribution >= 0.6 is 15.9 Å². The first-order valence-corrected chi connectivity index (χ1v) is 5.49. The highest BCUT2D eigenvalue weighted by atomic mass is 79.9. The summed E-state index contributed by atoms with van der Waals surface area (Å²) < 4.78 is 28.2. The molecular weight excluding hydrogens is 296 g/mol. The highest BCUT2D eigenvalue weighted by molar-refractivity contribution is 9.10. The van der Waals surface area contributed by atoms with Crippen molar-refractivity contribution in [2.75, 3.05) is 7.05 Å². The normalized spacial score (nSPS) is 10.8. The number of halogens is 3. The van der Waals surface area contributed by atoms with Gasteiger partial charge in [-0.3, -0.25) is 0 Å². The third kappa shape index (κ3) is 2.32. The van der Waals surface area contributed by atoms with E-state index in [9.17, 15) is 8.78 Å². The molecule has 17 heavy (non-hydrogen) atoms. The minimum Gasteiger partial charge on any atom is -0.313 e. The van der Waals surface area contributed by atoms with Crippen molar-refractivity contribution >= 4 is 15.9 Å². The Balaban J connectivity index is 2.52. The Labute approximate surface area is 104 Å². The summed E-state index contributed by atoms with van der Waals surface area (Å²) in [7, 11) is 1.71. The second kappa shape index (κ2) is 4.84. The number of aromatic nitrogens is 4. The summed E-state index contributed by atoms with van der Waals surface area (Å²) in [5, 5.41) is 13.6. The topological polar surface area (TPSA) is 55.6 Å². The van der Waals surface area contributed by atoms with Gasteiger partial charge in [-0.05, 0) is 39.5 Å². The molecule has 0 aliphatic carbocycles. The Kier molecular flexibility index (Phi) is 3.43. The van der Waals surface area contributed by atoms with E-state index in [1.54, 1.807) is 7.05 Å². The second-order valence-electron chi connectivity index (χ2n) is 3.25. The van der Waals surface area contributed by atoms with Crippen molar-refractivity contribution in [3.05, 3.63) is 34.1 Å². The Morgan fingerprint density at radius 3 is 2.82 bits per heavy atom. The second-order valence-corrected chi connectivity index (χ2v) is 4.11. The fraction of sp³-hybridized carbons (Fsp3) is 0.222. The summed E-state index contributed by atoms with van der Waals surface area (Å²) in [6.45, 7) is 0.351. The summed E-state index contributed by atoms with van der Waals surface area (Å²) >= 11 is 2.90. The number of tetrazole rings is 1. The minimum absolute atomic E-state index is 0.0269. The van der Waals surface area contributed by atoms with Crippen molar-refractivity contribution in [1.82, 2.24) is 25.5 Å². The lowest BCUT2D eigenvalue weighted by atomic mass is 10.3. The monoisotopic (exact) mass is 303 g/mol. The van der Waals surface area contributed by atoms with Gasteiger partial charge in [-0.2, -0.15) is 4.68 Å². The number of nitrogens with one attached hydrogen (secondary N) is 1. The maximum Gasteiger partial charge on any atom is 0.170 e. The molecule has 0 radical (unpaired) electrons. The molecule has 2 rings (SSSR count). The number of rotatable bonds is 3. The smallest absolute Gasteiger partial charge is 0.170 e. The van der Waals surface area contributed by atoms with E-state index in [1.807, 2.05) is 0 Å². The van der Waals surface area contributed by atoms with Crippen molar-refractivity contribution in [2.24, 2.45) is 0 Å². The van der Waals surface area contributed by atoms with E-state index in [4.69, 9.17) is 0 Å². The van der Waals surface area contributed by atoms with Crippen molar-refractivity contribution in [3.63, 3.8) is 0 Å². The molecule has 0 unspecified atom stereocenters. The Morgan fingerprint density at radius 2 is 2.12 bits per heavy atom. The molecular formula is C9H8BrF2N5. The maximum atomic E-state index is 13.7. The van der Waals surface area contributed by atoms with Gasteiger partial charge in [0.1, 0.15) is 17.3 Å². The van der Waals surface area contributed by atoms with Crippen LogP contribution in [0.2, 0.25) is 0 Å². The highest BCUT2D eigenvalue weighted by Crippen LogP contribution is 2.22. The fourth-order valence-corrected chi connectivity index (χ4v) is 1.65. The molecule has 0 saturated carbocycles. The molecule has 0 fully saturated rings. The molecule has 0 bridgehead atoms. The molecule has 2 aromatic rings. The molecule has 90 valence electrons. The van der Waals surface area contributed by atoms with E-state index in [-0.39, 0.29) is 10.2 Å². The van der Waals surface area contributed by atoms with Crippen LogP contribution in [-0.4, -0.2) is 27.3 Å². The van der Waals surface area contributed by atoms with Crippen LogP contribution in [0.25, 0.3) is 5.69 Å². The SMILES string of the molecule is CNCc1nnnn1-c1cc(F)c(Br)cc1F. The first-order valence-electron chi connectivity index (χ1n) is 4.70. The van der Waals surface area contributed by atoms with Gasteiger partial charge < -0.3 is 5.32 Å². The largest absolute Gasteiger partial charge is 0.313 e. The summed E-state index contributed by atoms with van der Waals surface area (Å²) in [5.74, 6) is -0.789. The average molecular weight is 304 g/mol. The van der Waals surface area contributed by atoms with Crippen molar-refractivity contribution in [1.29, 1.82) is 0 Å². The Hall–Kier alpha value is -1.41. The predicted octanol–water partition coefficient (Wildman–Crippen LogP) is 1.42. The Bertz CT molecular complexity index is 542. The number of hydrogen-bond acceptors (Lipinski definition) is 4. The van der Waals surface area contributed by atoms with Crippen LogP contribution in [-0.2, 0) is 6.54 Å². The van der Waals surface area contributed by atoms with Crippen LogP contribution in [0.1, 0.15) is 5.82 Å². The van der Waals surface area contributed by atoms with E-state index < -0.39 is 11.6 Å². The molecule has 0 amide bonds. The molecule has 1 aromatic carbocycles. The first kappa shape index (κ1) is 12.1. The summed E-state index contributed by atoms with van der Waals surface area (Å²) in [6, 6.07) is 2.07. The standard InChI is InChI=1S/C9H8BrF2N5/c1-13-4-9-14-15-16-17(9)8-3-6(11)5(10)2-7(8)12/h2-3,13H,4H2,1H3. The van der Waals surface area contributed by atoms with Gasteiger partial charge in [0.25, 0.3) is 0 Å². The van der Waals surface area contributed by atoms with Crippen LogP contribution in [0.15, 0.2) is 16.6 Å². The van der Waals surface area contributed by atoms with Gasteiger partial charge in [0.15, 0.2) is 5.82 Å². The van der Waals surface area contributed by atoms with Crippen molar-refractivity contribution < 1.29 is 8.78 Å². The lowest BCUT2D eigenvalue weighted by Gasteiger charge is -2.06. The lowest BCUT2D eigenvalue weighted by Crippen LogP contribution is -2.13.